The fourth-order valence-electron chi connectivity index (χ4n) is 7.75. The van der Waals surface area contributed by atoms with Crippen LogP contribution in [0, 0.1) is 24.7 Å². The lowest BCUT2D eigenvalue weighted by atomic mass is 9.48. The van der Waals surface area contributed by atoms with E-state index in [1.807, 2.05) is 54.1 Å². The Morgan fingerprint density at radius 3 is 2.24 bits per heavy atom. The summed E-state index contributed by atoms with van der Waals surface area (Å²) in [5, 5.41) is 2.91. The second kappa shape index (κ2) is 9.56. The van der Waals surface area contributed by atoms with Crippen LogP contribution in [0.3, 0.4) is 0 Å². The number of carbonyl (C=O) groups is 1. The van der Waals surface area contributed by atoms with Crippen molar-refractivity contribution in [2.75, 3.05) is 17.1 Å². The predicted molar refractivity (Wildman–Crippen MR) is 149 cm³/mol. The van der Waals surface area contributed by atoms with E-state index in [4.69, 9.17) is 0 Å². The summed E-state index contributed by atoms with van der Waals surface area (Å²) < 4.78 is 28.6. The first-order chi connectivity index (χ1) is 18.2. The number of aromatic nitrogens is 2. The van der Waals surface area contributed by atoms with Crippen LogP contribution in [0.5, 0.6) is 0 Å². The van der Waals surface area contributed by atoms with Crippen molar-refractivity contribution in [3.05, 3.63) is 77.9 Å². The lowest BCUT2D eigenvalue weighted by molar-refractivity contribution is -0.119. The SMILES string of the molecule is Cc1nccn1-c1ccccc1CNC(=O)CN(c1ccc(C23CC4CC(CC(C4)C2)C3)cc1)S(C)(=O)=O. The molecular weight excluding hydrogens is 496 g/mol. The van der Waals surface area contributed by atoms with Gasteiger partial charge >= 0.3 is 0 Å². The first-order valence-electron chi connectivity index (χ1n) is 13.6. The van der Waals surface area contributed by atoms with Gasteiger partial charge in [-0.05, 0) is 97.9 Å². The summed E-state index contributed by atoms with van der Waals surface area (Å²) in [7, 11) is -3.64. The van der Waals surface area contributed by atoms with Crippen molar-refractivity contribution in [2.24, 2.45) is 17.8 Å². The van der Waals surface area contributed by atoms with E-state index in [-0.39, 0.29) is 24.4 Å². The van der Waals surface area contributed by atoms with E-state index in [0.717, 1.165) is 41.1 Å². The van der Waals surface area contributed by atoms with E-state index < -0.39 is 10.0 Å². The number of amides is 1. The highest BCUT2D eigenvalue weighted by Crippen LogP contribution is 2.60. The van der Waals surface area contributed by atoms with Crippen molar-refractivity contribution in [3.8, 4) is 5.69 Å². The molecule has 1 aromatic heterocycles. The zero-order valence-electron chi connectivity index (χ0n) is 22.1. The van der Waals surface area contributed by atoms with Crippen molar-refractivity contribution in [1.29, 1.82) is 0 Å². The van der Waals surface area contributed by atoms with Crippen LogP contribution in [0.15, 0.2) is 60.9 Å². The molecule has 0 atom stereocenters. The molecule has 0 radical (unpaired) electrons. The maximum Gasteiger partial charge on any atom is 0.241 e. The van der Waals surface area contributed by atoms with Gasteiger partial charge in [0.1, 0.15) is 12.4 Å². The third kappa shape index (κ3) is 4.75. The Morgan fingerprint density at radius 2 is 1.66 bits per heavy atom. The third-order valence-corrected chi connectivity index (χ3v) is 10.2. The molecule has 1 heterocycles. The standard InChI is InChI=1S/C30H36N4O3S/c1-21-31-11-12-33(21)28-6-4-3-5-25(28)19-32-29(35)20-34(38(2,36)37)27-9-7-26(8-10-27)30-16-22-13-23(17-30)15-24(14-22)18-30/h3-12,22-24H,13-20H2,1-2H3,(H,32,35). The minimum absolute atomic E-state index is 0.252. The van der Waals surface area contributed by atoms with E-state index in [1.165, 1.54) is 48.4 Å². The number of sulfonamides is 1. The summed E-state index contributed by atoms with van der Waals surface area (Å²) in [4.78, 5) is 17.3. The molecule has 8 heteroatoms. The van der Waals surface area contributed by atoms with Gasteiger partial charge in [-0.15, -0.1) is 0 Å². The number of carbonyl (C=O) groups excluding carboxylic acids is 1. The van der Waals surface area contributed by atoms with Crippen molar-refractivity contribution in [3.63, 3.8) is 0 Å². The average molecular weight is 533 g/mol. The number of para-hydroxylation sites is 1. The minimum Gasteiger partial charge on any atom is -0.350 e. The van der Waals surface area contributed by atoms with E-state index in [9.17, 15) is 13.2 Å². The van der Waals surface area contributed by atoms with Gasteiger partial charge in [-0.25, -0.2) is 13.4 Å². The van der Waals surface area contributed by atoms with Crippen LogP contribution in [0.2, 0.25) is 0 Å². The van der Waals surface area contributed by atoms with Gasteiger partial charge in [0.15, 0.2) is 0 Å². The topological polar surface area (TPSA) is 84.3 Å². The molecule has 1 amide bonds. The highest BCUT2D eigenvalue weighted by atomic mass is 32.2. The minimum atomic E-state index is -3.64. The van der Waals surface area contributed by atoms with Crippen molar-refractivity contribution < 1.29 is 13.2 Å². The number of imidazole rings is 1. The monoisotopic (exact) mass is 532 g/mol. The third-order valence-electron chi connectivity index (χ3n) is 9.05. The zero-order chi connectivity index (χ0) is 26.5. The van der Waals surface area contributed by atoms with Crippen LogP contribution < -0.4 is 9.62 Å². The van der Waals surface area contributed by atoms with E-state index in [0.29, 0.717) is 5.69 Å². The van der Waals surface area contributed by atoms with Crippen molar-refractivity contribution in [1.82, 2.24) is 14.9 Å². The summed E-state index contributed by atoms with van der Waals surface area (Å²) in [6.07, 6.45) is 12.7. The van der Waals surface area contributed by atoms with Crippen molar-refractivity contribution >= 4 is 21.6 Å². The lowest BCUT2D eigenvalue weighted by Gasteiger charge is -2.57. The van der Waals surface area contributed by atoms with Crippen LogP contribution in [0.1, 0.15) is 55.5 Å². The molecule has 4 bridgehead atoms. The smallest absolute Gasteiger partial charge is 0.241 e. The molecule has 2 aromatic carbocycles. The van der Waals surface area contributed by atoms with Gasteiger partial charge in [-0.3, -0.25) is 9.10 Å². The highest BCUT2D eigenvalue weighted by Gasteiger charge is 2.51. The van der Waals surface area contributed by atoms with Gasteiger partial charge < -0.3 is 9.88 Å². The second-order valence-electron chi connectivity index (χ2n) is 11.8. The Morgan fingerprint density at radius 1 is 1.03 bits per heavy atom. The molecule has 4 fully saturated rings. The molecule has 4 aliphatic rings. The molecule has 0 aliphatic heterocycles. The van der Waals surface area contributed by atoms with Gasteiger partial charge in [0, 0.05) is 18.9 Å². The molecule has 3 aromatic rings. The molecule has 7 nitrogen and oxygen atoms in total. The molecule has 0 unspecified atom stereocenters. The Balaban J connectivity index is 1.16. The molecular formula is C30H36N4O3S. The predicted octanol–water partition coefficient (Wildman–Crippen LogP) is 4.73. The summed E-state index contributed by atoms with van der Waals surface area (Å²) in [5.74, 6) is 3.04. The number of hydrogen-bond donors (Lipinski definition) is 1. The summed E-state index contributed by atoms with van der Waals surface area (Å²) in [5.41, 5.74) is 3.98. The van der Waals surface area contributed by atoms with Crippen LogP contribution in [-0.4, -0.2) is 36.7 Å². The largest absolute Gasteiger partial charge is 0.350 e. The lowest BCUT2D eigenvalue weighted by Crippen LogP contribution is -2.48. The molecule has 1 N–H and O–H groups in total. The van der Waals surface area contributed by atoms with Gasteiger partial charge in [0.2, 0.25) is 15.9 Å². The second-order valence-corrected chi connectivity index (χ2v) is 13.7. The quantitative estimate of drug-likeness (QED) is 0.455. The Hall–Kier alpha value is -3.13. The molecule has 4 saturated carbocycles. The molecule has 38 heavy (non-hydrogen) atoms. The number of aryl methyl sites for hydroxylation is 1. The number of benzene rings is 2. The fourth-order valence-corrected chi connectivity index (χ4v) is 8.61. The van der Waals surface area contributed by atoms with Crippen LogP contribution in [-0.2, 0) is 26.8 Å². The average Bonchev–Trinajstić information content (AvgIpc) is 3.30. The molecule has 0 saturated heterocycles. The molecule has 0 spiro atoms. The molecule has 7 rings (SSSR count). The summed E-state index contributed by atoms with van der Waals surface area (Å²) >= 11 is 0. The van der Waals surface area contributed by atoms with Gasteiger partial charge in [0.25, 0.3) is 0 Å². The van der Waals surface area contributed by atoms with Crippen LogP contribution in [0.4, 0.5) is 5.69 Å². The first-order valence-corrected chi connectivity index (χ1v) is 15.5. The fraction of sp³-hybridized carbons (Fsp3) is 0.467. The maximum atomic E-state index is 13.0. The number of rotatable bonds is 8. The highest BCUT2D eigenvalue weighted by molar-refractivity contribution is 7.92. The van der Waals surface area contributed by atoms with Gasteiger partial charge in [-0.2, -0.15) is 0 Å². The Labute approximate surface area is 225 Å². The van der Waals surface area contributed by atoms with Crippen molar-refractivity contribution in [2.45, 2.75) is 57.4 Å². The van der Waals surface area contributed by atoms with E-state index in [2.05, 4.69) is 22.4 Å². The van der Waals surface area contributed by atoms with Gasteiger partial charge in [0.05, 0.1) is 17.6 Å². The maximum absolute atomic E-state index is 13.0. The van der Waals surface area contributed by atoms with Gasteiger partial charge in [-0.1, -0.05) is 30.3 Å². The van der Waals surface area contributed by atoms with Crippen LogP contribution in [0.25, 0.3) is 5.69 Å². The molecule has 200 valence electrons. The molecule has 4 aliphatic carbocycles. The number of nitrogens with one attached hydrogen (secondary N) is 1. The van der Waals surface area contributed by atoms with Crippen LogP contribution >= 0.6 is 0 Å². The van der Waals surface area contributed by atoms with E-state index in [1.54, 1.807) is 6.20 Å². The zero-order valence-corrected chi connectivity index (χ0v) is 23.0. The number of anilines is 1. The first kappa shape index (κ1) is 25.2. The Kier molecular flexibility index (Phi) is 6.33. The number of hydrogen-bond acceptors (Lipinski definition) is 4. The number of nitrogens with zero attached hydrogens (tertiary/aromatic N) is 3. The Bertz CT molecular complexity index is 1410. The summed E-state index contributed by atoms with van der Waals surface area (Å²) in [6.45, 7) is 1.95. The normalized spacial score (nSPS) is 25.9. The summed E-state index contributed by atoms with van der Waals surface area (Å²) in [6, 6.07) is 15.8. The van der Waals surface area contributed by atoms with E-state index >= 15 is 0 Å².